The van der Waals surface area contributed by atoms with Gasteiger partial charge in [-0.1, -0.05) is 33.6 Å². The van der Waals surface area contributed by atoms with E-state index in [1.54, 1.807) is 37.3 Å². The average Bonchev–Trinajstić information content (AvgIpc) is 2.99. The maximum absolute atomic E-state index is 13.0. The molecule has 0 amide bonds. The van der Waals surface area contributed by atoms with Gasteiger partial charge in [-0.2, -0.15) is 19.1 Å². The summed E-state index contributed by atoms with van der Waals surface area (Å²) >= 11 is 0. The number of allylic oxidation sites excluding steroid dienone is 4. The van der Waals surface area contributed by atoms with Crippen LogP contribution in [-0.4, -0.2) is 38.7 Å². The molecule has 3 rings (SSSR count). The van der Waals surface area contributed by atoms with E-state index in [1.807, 2.05) is 13.8 Å². The van der Waals surface area contributed by atoms with E-state index in [0.29, 0.717) is 52.1 Å². The van der Waals surface area contributed by atoms with Crippen LogP contribution in [-0.2, 0) is 36.8 Å². The van der Waals surface area contributed by atoms with E-state index < -0.39 is 17.7 Å². The number of ether oxygens (including phenoxy) is 2. The number of alkyl halides is 3. The quantitative estimate of drug-likeness (QED) is 0.104. The first kappa shape index (κ1) is 32.9. The van der Waals surface area contributed by atoms with E-state index in [9.17, 15) is 18.0 Å². The molecule has 0 fully saturated rings. The maximum Gasteiger partial charge on any atom is 0.416 e. The first-order valence-corrected chi connectivity index (χ1v) is 13.1. The summed E-state index contributed by atoms with van der Waals surface area (Å²) in [6.45, 7) is 5.63. The lowest BCUT2D eigenvalue weighted by Crippen LogP contribution is -2.24. The summed E-state index contributed by atoms with van der Waals surface area (Å²) in [4.78, 5) is 28.1. The van der Waals surface area contributed by atoms with Gasteiger partial charge in [0.25, 0.3) is 0 Å². The van der Waals surface area contributed by atoms with Gasteiger partial charge in [0.2, 0.25) is 0 Å². The van der Waals surface area contributed by atoms with Crippen LogP contribution in [0.5, 0.6) is 5.75 Å². The lowest BCUT2D eigenvalue weighted by molar-refractivity contribution is -0.137. The third-order valence-electron chi connectivity index (χ3n) is 6.88. The van der Waals surface area contributed by atoms with Crippen molar-refractivity contribution in [3.63, 3.8) is 0 Å². The van der Waals surface area contributed by atoms with E-state index in [4.69, 9.17) is 29.9 Å². The second-order valence-electron chi connectivity index (χ2n) is 9.69. The Morgan fingerprint density at radius 1 is 0.907 bits per heavy atom. The van der Waals surface area contributed by atoms with Crippen LogP contribution in [0, 0.1) is 0 Å². The van der Waals surface area contributed by atoms with E-state index >= 15 is 0 Å². The molecule has 12 heteroatoms. The second-order valence-corrected chi connectivity index (χ2v) is 9.69. The predicted octanol–water partition coefficient (Wildman–Crippen LogP) is 6.40. The van der Waals surface area contributed by atoms with Crippen molar-refractivity contribution in [3.8, 4) is 5.75 Å². The molecule has 9 nitrogen and oxygen atoms in total. The number of nitrogens with zero attached hydrogens (tertiary/aromatic N) is 2. The zero-order valence-corrected chi connectivity index (χ0v) is 24.8. The van der Waals surface area contributed by atoms with Crippen LogP contribution < -0.4 is 10.6 Å². The molecule has 0 bridgehead atoms. The summed E-state index contributed by atoms with van der Waals surface area (Å²) in [6, 6.07) is 11.7. The zero-order valence-electron chi connectivity index (χ0n) is 24.8. The number of oxime groups is 2. The molecule has 1 aliphatic carbocycles. The Labute approximate surface area is 248 Å². The van der Waals surface area contributed by atoms with Crippen molar-refractivity contribution in [3.05, 3.63) is 98.8 Å². The Kier molecular flexibility index (Phi) is 11.1. The van der Waals surface area contributed by atoms with Crippen LogP contribution in [0.2, 0.25) is 0 Å². The highest BCUT2D eigenvalue weighted by atomic mass is 19.4. The highest BCUT2D eigenvalue weighted by Gasteiger charge is 2.31. The predicted molar refractivity (Wildman–Crippen MR) is 155 cm³/mol. The van der Waals surface area contributed by atoms with E-state index in [-0.39, 0.29) is 18.1 Å². The number of methoxy groups -OCH3 is 1. The largest absolute Gasteiger partial charge is 0.489 e. The molecular formula is C31H34F3N3O6. The van der Waals surface area contributed by atoms with Gasteiger partial charge in [0.15, 0.2) is 11.5 Å². The molecule has 2 N–H and O–H groups in total. The van der Waals surface area contributed by atoms with Gasteiger partial charge in [-0.15, -0.1) is 0 Å². The van der Waals surface area contributed by atoms with Gasteiger partial charge >= 0.3 is 12.1 Å². The first-order chi connectivity index (χ1) is 20.4. The summed E-state index contributed by atoms with van der Waals surface area (Å²) < 4.78 is 49.8. The van der Waals surface area contributed by atoms with Crippen molar-refractivity contribution < 1.29 is 42.0 Å². The third kappa shape index (κ3) is 8.04. The fourth-order valence-electron chi connectivity index (χ4n) is 4.53. The minimum absolute atomic E-state index is 0.0123. The summed E-state index contributed by atoms with van der Waals surface area (Å²) in [7, 11) is 3.98. The van der Waals surface area contributed by atoms with Crippen molar-refractivity contribution in [1.82, 2.24) is 0 Å². The van der Waals surface area contributed by atoms with Crippen LogP contribution in [0.3, 0.4) is 0 Å². The molecule has 0 atom stereocenters. The number of hydrogen-bond acceptors (Lipinski definition) is 9. The molecule has 0 radical (unpaired) electrons. The lowest BCUT2D eigenvalue weighted by Gasteiger charge is -2.25. The van der Waals surface area contributed by atoms with Gasteiger partial charge in [0.05, 0.1) is 12.7 Å². The molecule has 0 unspecified atom stereocenters. The second kappa shape index (κ2) is 14.5. The number of hydrogen-bond donors (Lipinski definition) is 1. The number of carbonyl (C=O) groups is 1. The van der Waals surface area contributed by atoms with Crippen LogP contribution in [0.4, 0.5) is 13.2 Å². The van der Waals surface area contributed by atoms with E-state index in [2.05, 4.69) is 10.3 Å². The Bertz CT molecular complexity index is 1490. The number of esters is 1. The van der Waals surface area contributed by atoms with Gasteiger partial charge in [-0.05, 0) is 75.6 Å². The number of carbonyl (C=O) groups excluding carboxylic acids is 1. The number of nitrogens with two attached hydrogens (primary N) is 1. The van der Waals surface area contributed by atoms with Crippen LogP contribution in [0.25, 0.3) is 0 Å². The minimum Gasteiger partial charge on any atom is -0.489 e. The Morgan fingerprint density at radius 3 is 2.07 bits per heavy atom. The summed E-state index contributed by atoms with van der Waals surface area (Å²) in [5, 5.41) is 8.13. The molecular weight excluding hydrogens is 567 g/mol. The Hall–Kier alpha value is -4.58. The van der Waals surface area contributed by atoms with Gasteiger partial charge in [-0.3, -0.25) is 0 Å². The highest BCUT2D eigenvalue weighted by molar-refractivity contribution is 6.43. The molecule has 43 heavy (non-hydrogen) atoms. The standard InChI is InChI=1S/C31H34F3N3O6/c1-18-14-25(28(37-41-6)30(38)39-4)26(15-19(18)2)29(43-35)20(3)27(36-40-5)22-10-12-24(13-11-22)42-17-21-8-7-9-23(16-21)31(32,33)34/h7-13,16H,14-15,17,35H2,1-6H3. The number of halogens is 3. The Morgan fingerprint density at radius 2 is 1.51 bits per heavy atom. The molecule has 0 saturated carbocycles. The monoisotopic (exact) mass is 601 g/mol. The van der Waals surface area contributed by atoms with Gasteiger partial charge in [-0.25, -0.2) is 4.79 Å². The normalized spacial score (nSPS) is 15.2. The molecule has 0 aliphatic heterocycles. The summed E-state index contributed by atoms with van der Waals surface area (Å²) in [5.74, 6) is 5.83. The van der Waals surface area contributed by atoms with E-state index in [1.165, 1.54) is 27.4 Å². The number of rotatable bonds is 11. The zero-order chi connectivity index (χ0) is 31.7. The average molecular weight is 602 g/mol. The van der Waals surface area contributed by atoms with Crippen LogP contribution >= 0.6 is 0 Å². The molecule has 230 valence electrons. The van der Waals surface area contributed by atoms with Gasteiger partial charge < -0.3 is 24.0 Å². The molecule has 0 aromatic heterocycles. The van der Waals surface area contributed by atoms with Crippen molar-refractivity contribution in [2.45, 2.75) is 46.4 Å². The SMILES string of the molecule is CON=C(C(=O)OC)C1=C(C(ON)=C(C)C(=NOC)c2ccc(OCc3cccc(C(F)(F)F)c3)cc2)CC(C)=C(C)C1. The molecule has 1 aliphatic rings. The fraction of sp³-hybridized carbons (Fsp3) is 0.323. The molecule has 0 spiro atoms. The van der Waals surface area contributed by atoms with Crippen LogP contribution in [0.15, 0.2) is 92.5 Å². The summed E-state index contributed by atoms with van der Waals surface area (Å²) in [6.07, 6.45) is -3.65. The fourth-order valence-corrected chi connectivity index (χ4v) is 4.53. The third-order valence-corrected chi connectivity index (χ3v) is 6.88. The first-order valence-electron chi connectivity index (χ1n) is 13.1. The summed E-state index contributed by atoms with van der Waals surface area (Å²) in [5.41, 5.74) is 4.37. The Balaban J connectivity index is 1.99. The van der Waals surface area contributed by atoms with Crippen molar-refractivity contribution >= 4 is 17.4 Å². The van der Waals surface area contributed by atoms with Crippen LogP contribution in [0.1, 0.15) is 50.3 Å². The van der Waals surface area contributed by atoms with Crippen molar-refractivity contribution in [1.29, 1.82) is 0 Å². The highest BCUT2D eigenvalue weighted by Crippen LogP contribution is 2.37. The van der Waals surface area contributed by atoms with Gasteiger partial charge in [0.1, 0.15) is 32.3 Å². The van der Waals surface area contributed by atoms with Crippen molar-refractivity contribution in [2.24, 2.45) is 16.2 Å². The number of benzene rings is 2. The van der Waals surface area contributed by atoms with Gasteiger partial charge in [0, 0.05) is 22.3 Å². The van der Waals surface area contributed by atoms with E-state index in [0.717, 1.165) is 23.3 Å². The smallest absolute Gasteiger partial charge is 0.416 e. The lowest BCUT2D eigenvalue weighted by atomic mass is 9.83. The maximum atomic E-state index is 13.0. The molecule has 0 heterocycles. The topological polar surface area (TPSA) is 114 Å². The molecule has 2 aromatic rings. The molecule has 2 aromatic carbocycles. The van der Waals surface area contributed by atoms with Crippen molar-refractivity contribution in [2.75, 3.05) is 21.3 Å². The minimum atomic E-state index is -4.44. The molecule has 0 saturated heterocycles.